The van der Waals surface area contributed by atoms with Gasteiger partial charge < -0.3 is 14.7 Å². The van der Waals surface area contributed by atoms with E-state index in [9.17, 15) is 19.2 Å². The van der Waals surface area contributed by atoms with Gasteiger partial charge in [-0.3, -0.25) is 19.3 Å². The lowest BCUT2D eigenvalue weighted by atomic mass is 10.1. The molecule has 154 valence electrons. The molecule has 1 N–H and O–H groups in total. The quantitative estimate of drug-likeness (QED) is 0.621. The van der Waals surface area contributed by atoms with Crippen LogP contribution >= 0.6 is 27.7 Å². The summed E-state index contributed by atoms with van der Waals surface area (Å²) in [6, 6.07) is 4.91. The number of rotatable bonds is 6. The van der Waals surface area contributed by atoms with Gasteiger partial charge in [-0.15, -0.1) is 0 Å². The van der Waals surface area contributed by atoms with Crippen molar-refractivity contribution in [3.63, 3.8) is 0 Å². The standard InChI is InChI=1S/C19H19BrN2O6S/c20-13-4-5-14(28-11-17(24)25)12(8-13)9-15-18(26)22(19(27)29-15)10-16(23)21-6-2-1-3-7-21/h4-5,8-9H,1-3,6-7,10-11H2,(H,24,25)/b15-9+. The Balaban J connectivity index is 1.76. The van der Waals surface area contributed by atoms with E-state index < -0.39 is 23.7 Å². The molecule has 0 atom stereocenters. The molecule has 10 heteroatoms. The van der Waals surface area contributed by atoms with Crippen LogP contribution in [0, 0.1) is 0 Å². The Kier molecular flexibility index (Phi) is 6.96. The van der Waals surface area contributed by atoms with Crippen molar-refractivity contribution in [1.29, 1.82) is 0 Å². The number of benzene rings is 1. The average molecular weight is 483 g/mol. The third-order valence-electron chi connectivity index (χ3n) is 4.49. The molecule has 0 spiro atoms. The summed E-state index contributed by atoms with van der Waals surface area (Å²) in [7, 11) is 0. The molecule has 1 aromatic rings. The fraction of sp³-hybridized carbons (Fsp3) is 0.368. The van der Waals surface area contributed by atoms with Crippen LogP contribution in [0.25, 0.3) is 6.08 Å². The number of carboxylic acids is 1. The van der Waals surface area contributed by atoms with E-state index in [0.717, 1.165) is 35.9 Å². The van der Waals surface area contributed by atoms with E-state index in [2.05, 4.69) is 15.9 Å². The molecular weight excluding hydrogens is 464 g/mol. The molecule has 3 amide bonds. The first-order chi connectivity index (χ1) is 13.8. The van der Waals surface area contributed by atoms with Gasteiger partial charge >= 0.3 is 5.97 Å². The number of piperidine rings is 1. The summed E-state index contributed by atoms with van der Waals surface area (Å²) >= 11 is 4.07. The molecule has 8 nitrogen and oxygen atoms in total. The Labute approximate surface area is 180 Å². The Morgan fingerprint density at radius 1 is 1.21 bits per heavy atom. The van der Waals surface area contributed by atoms with E-state index in [1.807, 2.05) is 0 Å². The number of halogens is 1. The van der Waals surface area contributed by atoms with Gasteiger partial charge in [-0.2, -0.15) is 0 Å². The van der Waals surface area contributed by atoms with Crippen LogP contribution in [-0.4, -0.2) is 64.2 Å². The first kappa shape index (κ1) is 21.4. The zero-order valence-corrected chi connectivity index (χ0v) is 17.8. The highest BCUT2D eigenvalue weighted by Crippen LogP contribution is 2.35. The number of aliphatic carboxylic acids is 1. The van der Waals surface area contributed by atoms with Gasteiger partial charge in [0.1, 0.15) is 12.3 Å². The Morgan fingerprint density at radius 3 is 2.62 bits per heavy atom. The molecule has 2 heterocycles. The average Bonchev–Trinajstić information content (AvgIpc) is 2.95. The second-order valence-electron chi connectivity index (χ2n) is 6.57. The third kappa shape index (κ3) is 5.39. The summed E-state index contributed by atoms with van der Waals surface area (Å²) in [4.78, 5) is 51.0. The molecule has 0 unspecified atom stereocenters. The Bertz CT molecular complexity index is 881. The number of hydrogen-bond donors (Lipinski definition) is 1. The van der Waals surface area contributed by atoms with Crippen LogP contribution in [-0.2, 0) is 14.4 Å². The van der Waals surface area contributed by atoms with Crippen LogP contribution in [0.4, 0.5) is 4.79 Å². The summed E-state index contributed by atoms with van der Waals surface area (Å²) in [5, 5.41) is 8.31. The second kappa shape index (κ2) is 9.45. The number of carboxylic acid groups (broad SMARTS) is 1. The van der Waals surface area contributed by atoms with Gasteiger partial charge in [0.2, 0.25) is 5.91 Å². The van der Waals surface area contributed by atoms with E-state index in [1.165, 1.54) is 6.08 Å². The predicted molar refractivity (Wildman–Crippen MR) is 110 cm³/mol. The van der Waals surface area contributed by atoms with Gasteiger partial charge in [-0.1, -0.05) is 15.9 Å². The van der Waals surface area contributed by atoms with Crippen molar-refractivity contribution in [2.75, 3.05) is 26.2 Å². The first-order valence-electron chi connectivity index (χ1n) is 9.02. The van der Waals surface area contributed by atoms with Crippen molar-refractivity contribution in [3.05, 3.63) is 33.1 Å². The largest absolute Gasteiger partial charge is 0.481 e. The molecule has 2 saturated heterocycles. The Hall–Kier alpha value is -2.33. The minimum Gasteiger partial charge on any atom is -0.481 e. The van der Waals surface area contributed by atoms with Gasteiger partial charge in [-0.05, 0) is 55.3 Å². The van der Waals surface area contributed by atoms with Crippen LogP contribution in [0.2, 0.25) is 0 Å². The number of likely N-dealkylation sites (tertiary alicyclic amines) is 1. The van der Waals surface area contributed by atoms with Crippen LogP contribution < -0.4 is 4.74 Å². The molecule has 0 aromatic heterocycles. The lowest BCUT2D eigenvalue weighted by molar-refractivity contribution is -0.139. The zero-order chi connectivity index (χ0) is 21.0. The van der Waals surface area contributed by atoms with Crippen molar-refractivity contribution in [2.24, 2.45) is 0 Å². The summed E-state index contributed by atoms with van der Waals surface area (Å²) in [6.45, 7) is 0.484. The van der Waals surface area contributed by atoms with Crippen molar-refractivity contribution in [1.82, 2.24) is 9.80 Å². The number of nitrogens with zero attached hydrogens (tertiary/aromatic N) is 2. The molecular formula is C19H19BrN2O6S. The minimum absolute atomic E-state index is 0.153. The SMILES string of the molecule is O=C(O)COc1ccc(Br)cc1/C=C1/SC(=O)N(CC(=O)N2CCCCC2)C1=O. The molecule has 3 rings (SSSR count). The van der Waals surface area contributed by atoms with Gasteiger partial charge in [-0.25, -0.2) is 4.79 Å². The van der Waals surface area contributed by atoms with E-state index >= 15 is 0 Å². The maximum Gasteiger partial charge on any atom is 0.341 e. The molecule has 2 fully saturated rings. The van der Waals surface area contributed by atoms with Crippen molar-refractivity contribution in [3.8, 4) is 5.75 Å². The highest BCUT2D eigenvalue weighted by molar-refractivity contribution is 9.10. The monoisotopic (exact) mass is 482 g/mol. The van der Waals surface area contributed by atoms with Gasteiger partial charge in [0.05, 0.1) is 4.91 Å². The topological polar surface area (TPSA) is 104 Å². The van der Waals surface area contributed by atoms with E-state index in [1.54, 1.807) is 23.1 Å². The Morgan fingerprint density at radius 2 is 1.93 bits per heavy atom. The summed E-state index contributed by atoms with van der Waals surface area (Å²) in [6.07, 6.45) is 4.40. The number of ether oxygens (including phenoxy) is 1. The van der Waals surface area contributed by atoms with Crippen molar-refractivity contribution in [2.45, 2.75) is 19.3 Å². The first-order valence-corrected chi connectivity index (χ1v) is 10.6. The van der Waals surface area contributed by atoms with Crippen LogP contribution in [0.1, 0.15) is 24.8 Å². The lowest BCUT2D eigenvalue weighted by Crippen LogP contribution is -2.44. The van der Waals surface area contributed by atoms with Gasteiger partial charge in [0.15, 0.2) is 6.61 Å². The minimum atomic E-state index is -1.13. The molecule has 0 saturated carbocycles. The number of carbonyl (C=O) groups is 4. The van der Waals surface area contributed by atoms with E-state index in [4.69, 9.17) is 9.84 Å². The van der Waals surface area contributed by atoms with E-state index in [0.29, 0.717) is 23.1 Å². The van der Waals surface area contributed by atoms with E-state index in [-0.39, 0.29) is 23.1 Å². The van der Waals surface area contributed by atoms with Crippen LogP contribution in [0.15, 0.2) is 27.6 Å². The molecule has 2 aliphatic rings. The predicted octanol–water partition coefficient (Wildman–Crippen LogP) is 2.96. The van der Waals surface area contributed by atoms with Crippen LogP contribution in [0.3, 0.4) is 0 Å². The number of amides is 3. The van der Waals surface area contributed by atoms with Crippen molar-refractivity contribution < 1.29 is 29.0 Å². The number of imide groups is 1. The summed E-state index contributed by atoms with van der Waals surface area (Å²) < 4.78 is 5.95. The molecule has 1 aromatic carbocycles. The summed E-state index contributed by atoms with van der Waals surface area (Å²) in [5.41, 5.74) is 0.452. The summed E-state index contributed by atoms with van der Waals surface area (Å²) in [5.74, 6) is -1.64. The zero-order valence-electron chi connectivity index (χ0n) is 15.4. The fourth-order valence-electron chi connectivity index (χ4n) is 3.06. The maximum absolute atomic E-state index is 12.7. The second-order valence-corrected chi connectivity index (χ2v) is 8.48. The van der Waals surface area contributed by atoms with Crippen molar-refractivity contribution >= 4 is 56.8 Å². The fourth-order valence-corrected chi connectivity index (χ4v) is 4.27. The number of thioether (sulfide) groups is 1. The molecule has 0 radical (unpaired) electrons. The molecule has 2 aliphatic heterocycles. The molecule has 29 heavy (non-hydrogen) atoms. The van der Waals surface area contributed by atoms with Gasteiger partial charge in [0, 0.05) is 23.1 Å². The normalized spacial score (nSPS) is 18.4. The third-order valence-corrected chi connectivity index (χ3v) is 5.89. The molecule has 0 bridgehead atoms. The lowest BCUT2D eigenvalue weighted by Gasteiger charge is -2.27. The maximum atomic E-state index is 12.7. The number of hydrogen-bond acceptors (Lipinski definition) is 6. The van der Waals surface area contributed by atoms with Crippen LogP contribution in [0.5, 0.6) is 5.75 Å². The number of carbonyl (C=O) groups excluding carboxylic acids is 3. The highest BCUT2D eigenvalue weighted by atomic mass is 79.9. The smallest absolute Gasteiger partial charge is 0.341 e. The van der Waals surface area contributed by atoms with Gasteiger partial charge in [0.25, 0.3) is 11.1 Å². The highest BCUT2D eigenvalue weighted by Gasteiger charge is 2.37. The molecule has 0 aliphatic carbocycles.